The zero-order valence-electron chi connectivity index (χ0n) is 14.0. The van der Waals surface area contributed by atoms with E-state index >= 15 is 0 Å². The lowest BCUT2D eigenvalue weighted by Gasteiger charge is -2.10. The molecule has 1 N–H and O–H groups in total. The first-order valence-electron chi connectivity index (χ1n) is 7.50. The number of aromatic nitrogens is 2. The number of imidazole rings is 1. The number of aromatic amines is 1. The zero-order chi connectivity index (χ0) is 17.4. The number of aryl methyl sites for hydroxylation is 1. The molecule has 24 heavy (non-hydrogen) atoms. The number of thiol groups is 1. The molecule has 0 aliphatic heterocycles. The van der Waals surface area contributed by atoms with Crippen molar-refractivity contribution in [2.45, 2.75) is 11.8 Å². The summed E-state index contributed by atoms with van der Waals surface area (Å²) >= 11 is 4.52. The zero-order valence-corrected chi connectivity index (χ0v) is 14.9. The Morgan fingerprint density at radius 1 is 1.25 bits per heavy atom. The first kappa shape index (κ1) is 16.4. The van der Waals surface area contributed by atoms with Crippen LogP contribution >= 0.6 is 12.6 Å². The minimum Gasteiger partial charge on any atom is -0.495 e. The molecule has 0 unspecified atom stereocenters. The molecule has 0 saturated carbocycles. The number of benzene rings is 2. The van der Waals surface area contributed by atoms with E-state index in [0.717, 1.165) is 27.1 Å². The molecule has 0 spiro atoms. The maximum Gasteiger partial charge on any atom is 0.253 e. The molecular formula is C18H19N3O2S. The summed E-state index contributed by atoms with van der Waals surface area (Å²) in [6.45, 7) is 1.98. The summed E-state index contributed by atoms with van der Waals surface area (Å²) in [6.07, 6.45) is 0. The summed E-state index contributed by atoms with van der Waals surface area (Å²) in [4.78, 5) is 22.3. The number of fused-ring (bicyclic) bond motifs is 1. The summed E-state index contributed by atoms with van der Waals surface area (Å²) in [5.41, 5.74) is 4.08. The van der Waals surface area contributed by atoms with Gasteiger partial charge in [-0.2, -0.15) is 0 Å². The Morgan fingerprint density at radius 2 is 2.00 bits per heavy atom. The van der Waals surface area contributed by atoms with E-state index in [4.69, 9.17) is 4.74 Å². The molecule has 0 saturated heterocycles. The van der Waals surface area contributed by atoms with Crippen molar-refractivity contribution in [3.63, 3.8) is 0 Å². The maximum atomic E-state index is 12.1. The predicted octanol–water partition coefficient (Wildman–Crippen LogP) is 3.54. The third-order valence-corrected chi connectivity index (χ3v) is 4.48. The third kappa shape index (κ3) is 2.73. The molecular weight excluding hydrogens is 322 g/mol. The molecule has 3 rings (SSSR count). The number of nitrogens with zero attached hydrogens (tertiary/aromatic N) is 2. The summed E-state index contributed by atoms with van der Waals surface area (Å²) in [6, 6.07) is 9.39. The Labute approximate surface area is 146 Å². The van der Waals surface area contributed by atoms with Crippen molar-refractivity contribution in [1.29, 1.82) is 0 Å². The number of H-pyrrole nitrogens is 1. The van der Waals surface area contributed by atoms with Crippen molar-refractivity contribution in [1.82, 2.24) is 14.9 Å². The van der Waals surface area contributed by atoms with Crippen LogP contribution in [0.4, 0.5) is 0 Å². The van der Waals surface area contributed by atoms with Crippen LogP contribution in [0.15, 0.2) is 35.2 Å². The molecule has 1 aromatic heterocycles. The van der Waals surface area contributed by atoms with Crippen LogP contribution in [0.3, 0.4) is 0 Å². The van der Waals surface area contributed by atoms with Crippen molar-refractivity contribution in [3.8, 4) is 17.1 Å². The Kier molecular flexibility index (Phi) is 4.24. The van der Waals surface area contributed by atoms with Gasteiger partial charge in [0.1, 0.15) is 11.6 Å². The monoisotopic (exact) mass is 341 g/mol. The third-order valence-electron chi connectivity index (χ3n) is 3.93. The average molecular weight is 341 g/mol. The number of ether oxygens (including phenoxy) is 1. The van der Waals surface area contributed by atoms with Crippen LogP contribution in [0.5, 0.6) is 5.75 Å². The van der Waals surface area contributed by atoms with Crippen LogP contribution in [0.25, 0.3) is 22.4 Å². The number of hydrogen-bond acceptors (Lipinski definition) is 4. The highest BCUT2D eigenvalue weighted by atomic mass is 32.1. The molecule has 0 radical (unpaired) electrons. The number of nitrogens with one attached hydrogen (secondary N) is 1. The van der Waals surface area contributed by atoms with E-state index < -0.39 is 0 Å². The lowest BCUT2D eigenvalue weighted by molar-refractivity contribution is 0.0828. The molecule has 3 aromatic rings. The fourth-order valence-electron chi connectivity index (χ4n) is 2.59. The van der Waals surface area contributed by atoms with Gasteiger partial charge in [-0.3, -0.25) is 4.79 Å². The van der Waals surface area contributed by atoms with E-state index in [1.54, 1.807) is 38.2 Å². The topological polar surface area (TPSA) is 58.2 Å². The van der Waals surface area contributed by atoms with Crippen LogP contribution in [0, 0.1) is 6.92 Å². The van der Waals surface area contributed by atoms with Gasteiger partial charge in [0.05, 0.1) is 23.7 Å². The normalized spacial score (nSPS) is 10.9. The number of carbonyl (C=O) groups excluding carboxylic acids is 1. The van der Waals surface area contributed by atoms with Crippen molar-refractivity contribution in [3.05, 3.63) is 41.5 Å². The average Bonchev–Trinajstić information content (AvgIpc) is 2.99. The van der Waals surface area contributed by atoms with Crippen LogP contribution in [-0.2, 0) is 0 Å². The molecule has 1 heterocycles. The summed E-state index contributed by atoms with van der Waals surface area (Å²) in [5, 5.41) is 0. The van der Waals surface area contributed by atoms with Gasteiger partial charge < -0.3 is 14.6 Å². The largest absolute Gasteiger partial charge is 0.495 e. The van der Waals surface area contributed by atoms with Crippen molar-refractivity contribution in [2.24, 2.45) is 0 Å². The lowest BCUT2D eigenvalue weighted by atomic mass is 10.1. The number of rotatable bonds is 3. The molecule has 0 fully saturated rings. The first-order chi connectivity index (χ1) is 11.4. The fourth-order valence-corrected chi connectivity index (χ4v) is 2.87. The molecule has 0 aliphatic rings. The second kappa shape index (κ2) is 6.20. The molecule has 0 atom stereocenters. The number of amides is 1. The second-order valence-electron chi connectivity index (χ2n) is 5.83. The minimum absolute atomic E-state index is 0.0491. The molecule has 1 amide bonds. The maximum absolute atomic E-state index is 12.1. The van der Waals surface area contributed by atoms with Crippen LogP contribution in [-0.4, -0.2) is 42.0 Å². The SMILES string of the molecule is COc1c(-c2nc3cc(C(=O)N(C)C)ccc3[nH]2)ccc(C)c1S. The first-order valence-corrected chi connectivity index (χ1v) is 7.95. The highest BCUT2D eigenvalue weighted by Gasteiger charge is 2.16. The molecule has 0 aliphatic carbocycles. The van der Waals surface area contributed by atoms with Gasteiger partial charge in [-0.1, -0.05) is 6.07 Å². The predicted molar refractivity (Wildman–Crippen MR) is 98.1 cm³/mol. The van der Waals surface area contributed by atoms with E-state index in [0.29, 0.717) is 17.1 Å². The molecule has 6 heteroatoms. The van der Waals surface area contributed by atoms with Gasteiger partial charge in [-0.15, -0.1) is 12.6 Å². The standard InChI is InChI=1S/C18H19N3O2S/c1-10-5-7-12(15(23-4)16(10)24)17-19-13-8-6-11(9-14(13)20-17)18(22)21(2)3/h5-9,24H,1-4H3,(H,19,20). The van der Waals surface area contributed by atoms with Gasteiger partial charge in [-0.05, 0) is 36.8 Å². The number of hydrogen-bond donors (Lipinski definition) is 2. The van der Waals surface area contributed by atoms with Gasteiger partial charge in [0, 0.05) is 24.6 Å². The highest BCUT2D eigenvalue weighted by Crippen LogP contribution is 2.36. The Hall–Kier alpha value is -2.47. The highest BCUT2D eigenvalue weighted by molar-refractivity contribution is 7.80. The van der Waals surface area contributed by atoms with E-state index in [1.807, 2.05) is 25.1 Å². The summed E-state index contributed by atoms with van der Waals surface area (Å²) < 4.78 is 5.50. The Balaban J connectivity index is 2.12. The van der Waals surface area contributed by atoms with Crippen molar-refractivity contribution < 1.29 is 9.53 Å². The molecule has 5 nitrogen and oxygen atoms in total. The fraction of sp³-hybridized carbons (Fsp3) is 0.222. The van der Waals surface area contributed by atoms with E-state index in [2.05, 4.69) is 22.6 Å². The number of carbonyl (C=O) groups is 1. The van der Waals surface area contributed by atoms with Crippen LogP contribution < -0.4 is 4.74 Å². The van der Waals surface area contributed by atoms with E-state index in [9.17, 15) is 4.79 Å². The van der Waals surface area contributed by atoms with Crippen LogP contribution in [0.1, 0.15) is 15.9 Å². The Bertz CT molecular complexity index is 931. The van der Waals surface area contributed by atoms with Gasteiger partial charge >= 0.3 is 0 Å². The molecule has 2 aromatic carbocycles. The summed E-state index contributed by atoms with van der Waals surface area (Å²) in [5.74, 6) is 1.32. The van der Waals surface area contributed by atoms with Crippen molar-refractivity contribution >= 4 is 29.6 Å². The smallest absolute Gasteiger partial charge is 0.253 e. The quantitative estimate of drug-likeness (QED) is 0.717. The second-order valence-corrected chi connectivity index (χ2v) is 6.28. The van der Waals surface area contributed by atoms with Gasteiger partial charge in [-0.25, -0.2) is 4.98 Å². The van der Waals surface area contributed by atoms with Crippen molar-refractivity contribution in [2.75, 3.05) is 21.2 Å². The number of methoxy groups -OCH3 is 1. The molecule has 124 valence electrons. The Morgan fingerprint density at radius 3 is 2.67 bits per heavy atom. The van der Waals surface area contributed by atoms with E-state index in [1.165, 1.54) is 0 Å². The van der Waals surface area contributed by atoms with E-state index in [-0.39, 0.29) is 5.91 Å². The summed E-state index contributed by atoms with van der Waals surface area (Å²) in [7, 11) is 5.08. The lowest BCUT2D eigenvalue weighted by Crippen LogP contribution is -2.21. The van der Waals surface area contributed by atoms with Gasteiger partial charge in [0.2, 0.25) is 0 Å². The minimum atomic E-state index is -0.0491. The van der Waals surface area contributed by atoms with Gasteiger partial charge in [0.25, 0.3) is 5.91 Å². The molecule has 0 bridgehead atoms. The van der Waals surface area contributed by atoms with Crippen LogP contribution in [0.2, 0.25) is 0 Å². The van der Waals surface area contributed by atoms with Gasteiger partial charge in [0.15, 0.2) is 0 Å².